The van der Waals surface area contributed by atoms with E-state index in [-0.39, 0.29) is 12.2 Å². The fraction of sp³-hybridized carbons (Fsp3) is 1.00. The lowest BCUT2D eigenvalue weighted by Crippen LogP contribution is -2.56. The number of unbranched alkanes of at least 4 members (excludes halogenated alkanes) is 3. The van der Waals surface area contributed by atoms with Gasteiger partial charge in [-0.05, 0) is 19.3 Å². The molecule has 0 saturated carbocycles. The molecule has 0 aromatic heterocycles. The SMILES string of the molecule is CCCCOC1C(O)OC[C@H](OCCCC)C1OCCCC. The second kappa shape index (κ2) is 12.3. The smallest absolute Gasteiger partial charge is 0.183 e. The van der Waals surface area contributed by atoms with E-state index < -0.39 is 12.4 Å². The van der Waals surface area contributed by atoms with Crippen LogP contribution in [0, 0.1) is 0 Å². The van der Waals surface area contributed by atoms with Crippen molar-refractivity contribution in [1.29, 1.82) is 0 Å². The van der Waals surface area contributed by atoms with E-state index in [0.29, 0.717) is 26.4 Å². The first-order chi connectivity index (χ1) is 10.7. The first kappa shape index (κ1) is 19.8. The minimum atomic E-state index is -0.936. The molecule has 1 rings (SSSR count). The quantitative estimate of drug-likeness (QED) is 0.561. The molecule has 1 fully saturated rings. The van der Waals surface area contributed by atoms with Crippen LogP contribution in [0.15, 0.2) is 0 Å². The van der Waals surface area contributed by atoms with Gasteiger partial charge < -0.3 is 24.1 Å². The van der Waals surface area contributed by atoms with E-state index in [1.165, 1.54) is 0 Å². The Labute approximate surface area is 135 Å². The second-order valence-corrected chi connectivity index (χ2v) is 5.86. The Balaban J connectivity index is 2.59. The molecule has 5 heteroatoms. The predicted octanol–water partition coefficient (Wildman–Crippen LogP) is 2.89. The number of aliphatic hydroxyl groups excluding tert-OH is 1. The van der Waals surface area contributed by atoms with E-state index >= 15 is 0 Å². The molecule has 0 aromatic rings. The van der Waals surface area contributed by atoms with Crippen LogP contribution < -0.4 is 0 Å². The van der Waals surface area contributed by atoms with Crippen molar-refractivity contribution >= 4 is 0 Å². The molecule has 1 heterocycles. The molecular formula is C17H34O5. The highest BCUT2D eigenvalue weighted by atomic mass is 16.7. The van der Waals surface area contributed by atoms with E-state index in [1.54, 1.807) is 0 Å². The van der Waals surface area contributed by atoms with Gasteiger partial charge in [0.1, 0.15) is 18.3 Å². The molecule has 0 radical (unpaired) electrons. The summed E-state index contributed by atoms with van der Waals surface area (Å²) in [6.45, 7) is 8.70. The summed E-state index contributed by atoms with van der Waals surface area (Å²) in [5.41, 5.74) is 0. The normalized spacial score (nSPS) is 28.9. The Kier molecular flexibility index (Phi) is 11.1. The van der Waals surface area contributed by atoms with Crippen molar-refractivity contribution in [3.05, 3.63) is 0 Å². The highest BCUT2D eigenvalue weighted by Gasteiger charge is 2.42. The molecule has 4 atom stereocenters. The zero-order valence-electron chi connectivity index (χ0n) is 14.5. The van der Waals surface area contributed by atoms with Crippen molar-refractivity contribution in [2.45, 2.75) is 83.9 Å². The second-order valence-electron chi connectivity index (χ2n) is 5.86. The zero-order chi connectivity index (χ0) is 16.2. The van der Waals surface area contributed by atoms with Crippen LogP contribution in [0.2, 0.25) is 0 Å². The fourth-order valence-electron chi connectivity index (χ4n) is 2.39. The van der Waals surface area contributed by atoms with Gasteiger partial charge >= 0.3 is 0 Å². The van der Waals surface area contributed by atoms with Gasteiger partial charge in [-0.1, -0.05) is 40.0 Å². The maximum absolute atomic E-state index is 10.1. The Morgan fingerprint density at radius 2 is 1.32 bits per heavy atom. The van der Waals surface area contributed by atoms with Crippen LogP contribution in [0.4, 0.5) is 0 Å². The molecule has 0 spiro atoms. The Morgan fingerprint density at radius 3 is 1.86 bits per heavy atom. The minimum absolute atomic E-state index is 0.168. The van der Waals surface area contributed by atoms with E-state index in [2.05, 4.69) is 20.8 Å². The average Bonchev–Trinajstić information content (AvgIpc) is 2.52. The molecule has 1 N–H and O–H groups in total. The number of rotatable bonds is 12. The van der Waals surface area contributed by atoms with Crippen LogP contribution in [0.25, 0.3) is 0 Å². The van der Waals surface area contributed by atoms with Crippen LogP contribution in [0.1, 0.15) is 59.3 Å². The summed E-state index contributed by atoms with van der Waals surface area (Å²) in [6, 6.07) is 0. The van der Waals surface area contributed by atoms with Crippen molar-refractivity contribution in [2.75, 3.05) is 26.4 Å². The molecule has 1 saturated heterocycles. The van der Waals surface area contributed by atoms with Gasteiger partial charge in [-0.3, -0.25) is 0 Å². The van der Waals surface area contributed by atoms with Gasteiger partial charge in [0.25, 0.3) is 0 Å². The predicted molar refractivity (Wildman–Crippen MR) is 85.9 cm³/mol. The molecule has 0 amide bonds. The molecule has 0 aromatic carbocycles. The highest BCUT2D eigenvalue weighted by molar-refractivity contribution is 4.86. The van der Waals surface area contributed by atoms with Gasteiger partial charge in [0.05, 0.1) is 6.61 Å². The largest absolute Gasteiger partial charge is 0.373 e. The van der Waals surface area contributed by atoms with Crippen LogP contribution in [0.3, 0.4) is 0 Å². The lowest BCUT2D eigenvalue weighted by atomic mass is 10.0. The molecule has 1 aliphatic rings. The monoisotopic (exact) mass is 318 g/mol. The Bertz CT molecular complexity index is 261. The van der Waals surface area contributed by atoms with Gasteiger partial charge in [-0.15, -0.1) is 0 Å². The molecule has 0 aliphatic carbocycles. The molecule has 5 nitrogen and oxygen atoms in total. The number of ether oxygens (including phenoxy) is 4. The molecule has 0 bridgehead atoms. The molecule has 22 heavy (non-hydrogen) atoms. The number of hydrogen-bond donors (Lipinski definition) is 1. The van der Waals surface area contributed by atoms with Gasteiger partial charge in [-0.2, -0.15) is 0 Å². The van der Waals surface area contributed by atoms with E-state index in [9.17, 15) is 5.11 Å². The first-order valence-electron chi connectivity index (χ1n) is 8.89. The molecule has 3 unspecified atom stereocenters. The summed E-state index contributed by atoms with van der Waals surface area (Å²) in [5.74, 6) is 0. The first-order valence-corrected chi connectivity index (χ1v) is 8.89. The Hall–Kier alpha value is -0.200. The lowest BCUT2D eigenvalue weighted by Gasteiger charge is -2.40. The van der Waals surface area contributed by atoms with E-state index in [0.717, 1.165) is 38.5 Å². The highest BCUT2D eigenvalue weighted by Crippen LogP contribution is 2.23. The standard InChI is InChI=1S/C17H34O5/c1-4-7-10-19-14-13-22-17(18)16(21-12-9-6-3)15(14)20-11-8-5-2/h14-18H,4-13H2,1-3H3/t14-,15?,16?,17?/m0/s1. The minimum Gasteiger partial charge on any atom is -0.373 e. The number of aliphatic hydroxyl groups is 1. The third-order valence-corrected chi connectivity index (χ3v) is 3.85. The lowest BCUT2D eigenvalue weighted by molar-refractivity contribution is -0.281. The summed E-state index contributed by atoms with van der Waals surface area (Å²) in [4.78, 5) is 0. The zero-order valence-corrected chi connectivity index (χ0v) is 14.5. The molecule has 1 aliphatic heterocycles. The van der Waals surface area contributed by atoms with E-state index in [4.69, 9.17) is 18.9 Å². The van der Waals surface area contributed by atoms with Crippen LogP contribution >= 0.6 is 0 Å². The third kappa shape index (κ3) is 6.92. The van der Waals surface area contributed by atoms with Crippen molar-refractivity contribution in [2.24, 2.45) is 0 Å². The van der Waals surface area contributed by atoms with Gasteiger partial charge in [-0.25, -0.2) is 0 Å². The average molecular weight is 318 g/mol. The summed E-state index contributed by atoms with van der Waals surface area (Å²) in [5, 5.41) is 10.1. The topological polar surface area (TPSA) is 57.2 Å². The number of hydrogen-bond acceptors (Lipinski definition) is 5. The summed E-state index contributed by atoms with van der Waals surface area (Å²) in [6.07, 6.45) is 4.37. The van der Waals surface area contributed by atoms with Gasteiger partial charge in [0.15, 0.2) is 6.29 Å². The summed E-state index contributed by atoms with van der Waals surface area (Å²) >= 11 is 0. The maximum Gasteiger partial charge on any atom is 0.183 e. The maximum atomic E-state index is 10.1. The van der Waals surface area contributed by atoms with Gasteiger partial charge in [0.2, 0.25) is 0 Å². The molecular weight excluding hydrogens is 284 g/mol. The van der Waals surface area contributed by atoms with E-state index in [1.807, 2.05) is 0 Å². The van der Waals surface area contributed by atoms with Crippen molar-refractivity contribution in [3.63, 3.8) is 0 Å². The fourth-order valence-corrected chi connectivity index (χ4v) is 2.39. The Morgan fingerprint density at radius 1 is 0.818 bits per heavy atom. The van der Waals surface area contributed by atoms with Crippen LogP contribution in [-0.2, 0) is 18.9 Å². The molecule has 132 valence electrons. The third-order valence-electron chi connectivity index (χ3n) is 3.85. The summed E-state index contributed by atoms with van der Waals surface area (Å²) < 4.78 is 23.2. The summed E-state index contributed by atoms with van der Waals surface area (Å²) in [7, 11) is 0. The van der Waals surface area contributed by atoms with Crippen molar-refractivity contribution < 1.29 is 24.1 Å². The van der Waals surface area contributed by atoms with Gasteiger partial charge in [0, 0.05) is 19.8 Å². The van der Waals surface area contributed by atoms with Crippen LogP contribution in [0.5, 0.6) is 0 Å². The van der Waals surface area contributed by atoms with Crippen LogP contribution in [-0.4, -0.2) is 56.1 Å². The van der Waals surface area contributed by atoms with Crippen molar-refractivity contribution in [3.8, 4) is 0 Å². The van der Waals surface area contributed by atoms with Crippen molar-refractivity contribution in [1.82, 2.24) is 0 Å².